The average molecular weight is 355 g/mol. The second kappa shape index (κ2) is 10.5. The van der Waals surface area contributed by atoms with Gasteiger partial charge in [0.25, 0.3) is 0 Å². The Morgan fingerprint density at radius 1 is 0.731 bits per heavy atom. The molecule has 2 aromatic carbocycles. The van der Waals surface area contributed by atoms with E-state index in [1.54, 1.807) is 12.1 Å². The molecule has 2 atom stereocenters. The standard InChI is InChI=1S/C24H34O2/c1-3-20(16-18-22-11-7-5-8-12-22)15-17-21(4-2)19-24(25,26)23-13-9-6-10-14-23/h5-14,20-21,25-26H,3-4,15-19H2,1-2H3. The Morgan fingerprint density at radius 3 is 1.85 bits per heavy atom. The SMILES string of the molecule is CCC(CCc1ccccc1)CCC(CC)CC(O)(O)c1ccccc1. The molecule has 0 saturated carbocycles. The molecule has 2 rings (SSSR count). The normalized spacial score (nSPS) is 14.2. The molecule has 0 aliphatic carbocycles. The van der Waals surface area contributed by atoms with Crippen LogP contribution in [-0.2, 0) is 12.2 Å². The van der Waals surface area contributed by atoms with Gasteiger partial charge in [-0.05, 0) is 36.7 Å². The van der Waals surface area contributed by atoms with Gasteiger partial charge in [-0.2, -0.15) is 0 Å². The molecule has 0 spiro atoms. The zero-order valence-electron chi connectivity index (χ0n) is 16.3. The highest BCUT2D eigenvalue weighted by Gasteiger charge is 2.29. The maximum absolute atomic E-state index is 10.5. The first kappa shape index (κ1) is 20.7. The summed E-state index contributed by atoms with van der Waals surface area (Å²) in [6.07, 6.45) is 7.12. The summed E-state index contributed by atoms with van der Waals surface area (Å²) in [5.74, 6) is -0.697. The minimum atomic E-state index is -1.73. The van der Waals surface area contributed by atoms with Crippen LogP contribution in [0.3, 0.4) is 0 Å². The van der Waals surface area contributed by atoms with Gasteiger partial charge in [-0.1, -0.05) is 93.8 Å². The van der Waals surface area contributed by atoms with Gasteiger partial charge in [0.1, 0.15) is 0 Å². The average Bonchev–Trinajstić information content (AvgIpc) is 2.68. The fourth-order valence-corrected chi connectivity index (χ4v) is 3.72. The molecule has 142 valence electrons. The van der Waals surface area contributed by atoms with Crippen molar-refractivity contribution < 1.29 is 10.2 Å². The first-order valence-electron chi connectivity index (χ1n) is 10.1. The lowest BCUT2D eigenvalue weighted by atomic mass is 9.84. The van der Waals surface area contributed by atoms with E-state index in [1.807, 2.05) is 18.2 Å². The summed E-state index contributed by atoms with van der Waals surface area (Å²) in [7, 11) is 0. The number of hydrogen-bond acceptors (Lipinski definition) is 2. The molecule has 0 aromatic heterocycles. The Labute approximate surface area is 158 Å². The molecule has 2 aromatic rings. The van der Waals surface area contributed by atoms with Crippen molar-refractivity contribution >= 4 is 0 Å². The minimum Gasteiger partial charge on any atom is -0.362 e. The highest BCUT2D eigenvalue weighted by molar-refractivity contribution is 5.19. The van der Waals surface area contributed by atoms with Crippen LogP contribution in [-0.4, -0.2) is 10.2 Å². The van der Waals surface area contributed by atoms with Crippen molar-refractivity contribution in [2.24, 2.45) is 11.8 Å². The summed E-state index contributed by atoms with van der Waals surface area (Å²) >= 11 is 0. The lowest BCUT2D eigenvalue weighted by molar-refractivity contribution is -0.183. The smallest absolute Gasteiger partial charge is 0.190 e. The van der Waals surface area contributed by atoms with Gasteiger partial charge in [-0.25, -0.2) is 0 Å². The van der Waals surface area contributed by atoms with Gasteiger partial charge in [0.2, 0.25) is 0 Å². The molecular weight excluding hydrogens is 320 g/mol. The van der Waals surface area contributed by atoms with Crippen LogP contribution in [0.1, 0.15) is 63.5 Å². The Balaban J connectivity index is 1.84. The number of aryl methyl sites for hydroxylation is 1. The van der Waals surface area contributed by atoms with E-state index in [1.165, 1.54) is 18.4 Å². The van der Waals surface area contributed by atoms with Gasteiger partial charge >= 0.3 is 0 Å². The first-order valence-corrected chi connectivity index (χ1v) is 10.1. The van der Waals surface area contributed by atoms with E-state index in [4.69, 9.17) is 0 Å². The van der Waals surface area contributed by atoms with E-state index in [0.717, 1.165) is 25.7 Å². The van der Waals surface area contributed by atoms with Gasteiger partial charge in [0.15, 0.2) is 5.79 Å². The van der Waals surface area contributed by atoms with Gasteiger partial charge < -0.3 is 10.2 Å². The molecule has 2 unspecified atom stereocenters. The van der Waals surface area contributed by atoms with E-state index in [-0.39, 0.29) is 0 Å². The van der Waals surface area contributed by atoms with Crippen LogP contribution >= 0.6 is 0 Å². The molecule has 0 radical (unpaired) electrons. The predicted molar refractivity (Wildman–Crippen MR) is 109 cm³/mol. The zero-order chi connectivity index (χ0) is 18.8. The van der Waals surface area contributed by atoms with E-state index in [2.05, 4.69) is 44.2 Å². The fourth-order valence-electron chi connectivity index (χ4n) is 3.72. The van der Waals surface area contributed by atoms with E-state index < -0.39 is 5.79 Å². The van der Waals surface area contributed by atoms with Crippen molar-refractivity contribution in [1.29, 1.82) is 0 Å². The number of benzene rings is 2. The monoisotopic (exact) mass is 354 g/mol. The van der Waals surface area contributed by atoms with E-state index in [0.29, 0.717) is 23.8 Å². The van der Waals surface area contributed by atoms with Crippen LogP contribution in [0, 0.1) is 11.8 Å². The highest BCUT2D eigenvalue weighted by Crippen LogP contribution is 2.31. The molecule has 2 heteroatoms. The molecular formula is C24H34O2. The molecule has 2 nitrogen and oxygen atoms in total. The zero-order valence-corrected chi connectivity index (χ0v) is 16.3. The maximum Gasteiger partial charge on any atom is 0.190 e. The molecule has 0 bridgehead atoms. The van der Waals surface area contributed by atoms with Crippen molar-refractivity contribution in [3.8, 4) is 0 Å². The predicted octanol–water partition coefficient (Wildman–Crippen LogP) is 5.68. The Kier molecular flexibility index (Phi) is 8.34. The van der Waals surface area contributed by atoms with E-state index in [9.17, 15) is 10.2 Å². The largest absolute Gasteiger partial charge is 0.362 e. The Bertz CT molecular complexity index is 607. The highest BCUT2D eigenvalue weighted by atomic mass is 16.5. The van der Waals surface area contributed by atoms with Crippen molar-refractivity contribution in [2.75, 3.05) is 0 Å². The lowest BCUT2D eigenvalue weighted by Crippen LogP contribution is -2.28. The third-order valence-corrected chi connectivity index (χ3v) is 5.63. The van der Waals surface area contributed by atoms with Crippen LogP contribution < -0.4 is 0 Å². The van der Waals surface area contributed by atoms with Crippen LogP contribution in [0.25, 0.3) is 0 Å². The van der Waals surface area contributed by atoms with Crippen LogP contribution in [0.4, 0.5) is 0 Å². The molecule has 0 amide bonds. The fraction of sp³-hybridized carbons (Fsp3) is 0.500. The van der Waals surface area contributed by atoms with Crippen molar-refractivity contribution in [1.82, 2.24) is 0 Å². The summed E-state index contributed by atoms with van der Waals surface area (Å²) in [6, 6.07) is 19.9. The number of rotatable bonds is 11. The first-order chi connectivity index (χ1) is 12.5. The summed E-state index contributed by atoms with van der Waals surface area (Å²) in [5.41, 5.74) is 2.00. The molecule has 0 aliphatic heterocycles. The van der Waals surface area contributed by atoms with Gasteiger partial charge in [0.05, 0.1) is 0 Å². The quantitative estimate of drug-likeness (QED) is 0.510. The van der Waals surface area contributed by atoms with Crippen LogP contribution in [0.2, 0.25) is 0 Å². The second-order valence-corrected chi connectivity index (χ2v) is 7.54. The number of aliphatic hydroxyl groups is 2. The molecule has 2 N–H and O–H groups in total. The molecule has 26 heavy (non-hydrogen) atoms. The molecule has 0 heterocycles. The number of hydrogen-bond donors (Lipinski definition) is 2. The maximum atomic E-state index is 10.5. The lowest BCUT2D eigenvalue weighted by Gasteiger charge is -2.28. The summed E-state index contributed by atoms with van der Waals surface area (Å²) in [5, 5.41) is 21.0. The Hall–Kier alpha value is -1.64. The minimum absolute atomic E-state index is 0.330. The van der Waals surface area contributed by atoms with Crippen molar-refractivity contribution in [3.05, 3.63) is 71.8 Å². The summed E-state index contributed by atoms with van der Waals surface area (Å²) in [6.45, 7) is 4.42. The summed E-state index contributed by atoms with van der Waals surface area (Å²) in [4.78, 5) is 0. The van der Waals surface area contributed by atoms with Crippen molar-refractivity contribution in [2.45, 2.75) is 64.6 Å². The molecule has 0 fully saturated rings. The molecule has 0 saturated heterocycles. The third kappa shape index (κ3) is 6.59. The van der Waals surface area contributed by atoms with E-state index >= 15 is 0 Å². The topological polar surface area (TPSA) is 40.5 Å². The van der Waals surface area contributed by atoms with Gasteiger partial charge in [0, 0.05) is 12.0 Å². The molecule has 0 aliphatic rings. The summed E-state index contributed by atoms with van der Waals surface area (Å²) < 4.78 is 0. The van der Waals surface area contributed by atoms with Gasteiger partial charge in [-0.3, -0.25) is 0 Å². The van der Waals surface area contributed by atoms with Crippen LogP contribution in [0.5, 0.6) is 0 Å². The third-order valence-electron chi connectivity index (χ3n) is 5.63. The van der Waals surface area contributed by atoms with Crippen LogP contribution in [0.15, 0.2) is 60.7 Å². The second-order valence-electron chi connectivity index (χ2n) is 7.54. The Morgan fingerprint density at radius 2 is 1.27 bits per heavy atom. The van der Waals surface area contributed by atoms with Gasteiger partial charge in [-0.15, -0.1) is 0 Å². The van der Waals surface area contributed by atoms with Crippen molar-refractivity contribution in [3.63, 3.8) is 0 Å².